The average Bonchev–Trinajstić information content (AvgIpc) is 2.57. The van der Waals surface area contributed by atoms with Gasteiger partial charge in [0.25, 0.3) is 0 Å². The van der Waals surface area contributed by atoms with Crippen LogP contribution in [0.5, 0.6) is 11.5 Å². The van der Waals surface area contributed by atoms with Crippen LogP contribution in [0.1, 0.15) is 18.1 Å². The summed E-state index contributed by atoms with van der Waals surface area (Å²) in [7, 11) is -4.17. The van der Waals surface area contributed by atoms with Crippen LogP contribution in [0.25, 0.3) is 0 Å². The summed E-state index contributed by atoms with van der Waals surface area (Å²) in [5.41, 5.74) is 0.491. The molecule has 0 atom stereocenters. The third kappa shape index (κ3) is 3.85. The monoisotopic (exact) mass is 406 g/mol. The van der Waals surface area contributed by atoms with Crippen molar-refractivity contribution in [1.29, 1.82) is 10.5 Å². The Hall–Kier alpha value is -2.55. The lowest BCUT2D eigenvalue weighted by atomic mass is 10.2. The van der Waals surface area contributed by atoms with E-state index < -0.39 is 10.1 Å². The Morgan fingerprint density at radius 2 is 1.83 bits per heavy atom. The molecule has 0 saturated carbocycles. The van der Waals surface area contributed by atoms with E-state index >= 15 is 0 Å². The van der Waals surface area contributed by atoms with Crippen LogP contribution in [-0.4, -0.2) is 15.0 Å². The zero-order valence-electron chi connectivity index (χ0n) is 12.5. The standard InChI is InChI=1S/C16H11BrN2O4S/c1-2-22-15-8-12(10-19)7-14(17)16(15)23-24(20,21)13-5-3-4-11(6-13)9-18/h3-8H,2H2,1H3. The van der Waals surface area contributed by atoms with E-state index in [1.807, 2.05) is 12.1 Å². The number of benzene rings is 2. The molecule has 0 aliphatic carbocycles. The molecular formula is C16H11BrN2O4S. The Labute approximate surface area is 148 Å². The fraction of sp³-hybridized carbons (Fsp3) is 0.125. The molecule has 0 amide bonds. The number of halogens is 1. The molecule has 0 heterocycles. The molecule has 6 nitrogen and oxygen atoms in total. The van der Waals surface area contributed by atoms with Gasteiger partial charge in [0.15, 0.2) is 11.5 Å². The number of nitrogens with zero attached hydrogens (tertiary/aromatic N) is 2. The van der Waals surface area contributed by atoms with Crippen LogP contribution < -0.4 is 8.92 Å². The smallest absolute Gasteiger partial charge is 0.339 e. The fourth-order valence-electron chi connectivity index (χ4n) is 1.86. The minimum atomic E-state index is -4.17. The van der Waals surface area contributed by atoms with Crippen molar-refractivity contribution in [2.24, 2.45) is 0 Å². The zero-order valence-corrected chi connectivity index (χ0v) is 14.9. The predicted octanol–water partition coefficient (Wildman–Crippen LogP) is 3.36. The van der Waals surface area contributed by atoms with Gasteiger partial charge in [0.05, 0.1) is 34.3 Å². The largest absolute Gasteiger partial charge is 0.490 e. The Kier molecular flexibility index (Phi) is 5.45. The summed E-state index contributed by atoms with van der Waals surface area (Å²) in [6, 6.07) is 12.1. The topological polar surface area (TPSA) is 100 Å². The molecule has 0 spiro atoms. The van der Waals surface area contributed by atoms with Crippen LogP contribution in [-0.2, 0) is 10.1 Å². The first-order chi connectivity index (χ1) is 11.4. The Morgan fingerprint density at radius 1 is 1.12 bits per heavy atom. The second-order valence-electron chi connectivity index (χ2n) is 4.51. The Morgan fingerprint density at radius 3 is 2.46 bits per heavy atom. The van der Waals surface area contributed by atoms with E-state index in [4.69, 9.17) is 19.4 Å². The average molecular weight is 407 g/mol. The second-order valence-corrected chi connectivity index (χ2v) is 6.91. The molecule has 8 heteroatoms. The quantitative estimate of drug-likeness (QED) is 0.705. The van der Waals surface area contributed by atoms with Crippen LogP contribution in [0.2, 0.25) is 0 Å². The van der Waals surface area contributed by atoms with Crippen LogP contribution in [0, 0.1) is 22.7 Å². The Bertz CT molecular complexity index is 959. The summed E-state index contributed by atoms with van der Waals surface area (Å²) in [5, 5.41) is 17.9. The summed E-state index contributed by atoms with van der Waals surface area (Å²) >= 11 is 3.19. The van der Waals surface area contributed by atoms with Crippen molar-refractivity contribution in [1.82, 2.24) is 0 Å². The highest BCUT2D eigenvalue weighted by molar-refractivity contribution is 9.10. The lowest BCUT2D eigenvalue weighted by Crippen LogP contribution is -2.11. The van der Waals surface area contributed by atoms with Crippen molar-refractivity contribution in [2.45, 2.75) is 11.8 Å². The molecule has 0 aromatic heterocycles. The van der Waals surface area contributed by atoms with Gasteiger partial charge in [-0.25, -0.2) is 0 Å². The van der Waals surface area contributed by atoms with Gasteiger partial charge in [-0.3, -0.25) is 0 Å². The van der Waals surface area contributed by atoms with Crippen molar-refractivity contribution in [2.75, 3.05) is 6.61 Å². The van der Waals surface area contributed by atoms with Crippen LogP contribution in [0.4, 0.5) is 0 Å². The van der Waals surface area contributed by atoms with E-state index in [2.05, 4.69) is 15.9 Å². The van der Waals surface area contributed by atoms with Crippen LogP contribution in [0.15, 0.2) is 45.8 Å². The molecule has 0 radical (unpaired) electrons. The molecule has 0 bridgehead atoms. The number of nitriles is 2. The van der Waals surface area contributed by atoms with Gasteiger partial charge in [0.1, 0.15) is 4.90 Å². The highest BCUT2D eigenvalue weighted by atomic mass is 79.9. The summed E-state index contributed by atoms with van der Waals surface area (Å²) in [4.78, 5) is -0.153. The number of rotatable bonds is 5. The molecule has 0 unspecified atom stereocenters. The number of hydrogen-bond acceptors (Lipinski definition) is 6. The van der Waals surface area contributed by atoms with Crippen molar-refractivity contribution in [3.8, 4) is 23.6 Å². The summed E-state index contributed by atoms with van der Waals surface area (Å²) in [6.45, 7) is 1.99. The summed E-state index contributed by atoms with van der Waals surface area (Å²) < 4.78 is 35.7. The van der Waals surface area contributed by atoms with E-state index in [1.165, 1.54) is 36.4 Å². The minimum absolute atomic E-state index is 0.0572. The third-order valence-electron chi connectivity index (χ3n) is 2.88. The number of hydrogen-bond donors (Lipinski definition) is 0. The maximum Gasteiger partial charge on any atom is 0.339 e. The van der Waals surface area contributed by atoms with Gasteiger partial charge >= 0.3 is 10.1 Å². The lowest BCUT2D eigenvalue weighted by molar-refractivity contribution is 0.327. The van der Waals surface area contributed by atoms with Crippen LogP contribution in [0.3, 0.4) is 0 Å². The minimum Gasteiger partial charge on any atom is -0.490 e. The van der Waals surface area contributed by atoms with Gasteiger partial charge in [-0.05, 0) is 47.1 Å². The lowest BCUT2D eigenvalue weighted by Gasteiger charge is -2.14. The molecule has 2 aromatic carbocycles. The maximum atomic E-state index is 12.5. The van der Waals surface area contributed by atoms with Crippen LogP contribution >= 0.6 is 15.9 Å². The highest BCUT2D eigenvalue weighted by Gasteiger charge is 2.22. The first-order valence-electron chi connectivity index (χ1n) is 6.72. The van der Waals surface area contributed by atoms with Crippen molar-refractivity contribution >= 4 is 26.0 Å². The van der Waals surface area contributed by atoms with Gasteiger partial charge < -0.3 is 8.92 Å². The third-order valence-corrected chi connectivity index (χ3v) is 4.69. The van der Waals surface area contributed by atoms with Gasteiger partial charge in [0, 0.05) is 6.07 Å². The maximum absolute atomic E-state index is 12.5. The normalized spacial score (nSPS) is 10.5. The molecule has 0 N–H and O–H groups in total. The molecule has 0 aliphatic heterocycles. The predicted molar refractivity (Wildman–Crippen MR) is 89.0 cm³/mol. The van der Waals surface area contributed by atoms with E-state index in [1.54, 1.807) is 6.92 Å². The first kappa shape index (κ1) is 17.8. The first-order valence-corrected chi connectivity index (χ1v) is 8.92. The molecule has 2 rings (SSSR count). The molecule has 0 saturated heterocycles. The van der Waals surface area contributed by atoms with Gasteiger partial charge in [-0.15, -0.1) is 0 Å². The van der Waals surface area contributed by atoms with E-state index in [-0.39, 0.29) is 33.0 Å². The molecule has 0 fully saturated rings. The molecule has 24 heavy (non-hydrogen) atoms. The second kappa shape index (κ2) is 7.35. The van der Waals surface area contributed by atoms with Crippen molar-refractivity contribution in [3.63, 3.8) is 0 Å². The summed E-state index contributed by atoms with van der Waals surface area (Å²) in [6.07, 6.45) is 0. The van der Waals surface area contributed by atoms with Gasteiger partial charge in [-0.1, -0.05) is 6.07 Å². The van der Waals surface area contributed by atoms with E-state index in [9.17, 15) is 8.42 Å². The molecule has 122 valence electrons. The molecule has 0 aliphatic rings. The fourth-order valence-corrected chi connectivity index (χ4v) is 3.49. The van der Waals surface area contributed by atoms with Crippen molar-refractivity contribution in [3.05, 3.63) is 52.0 Å². The highest BCUT2D eigenvalue weighted by Crippen LogP contribution is 2.38. The Balaban J connectivity index is 2.50. The van der Waals surface area contributed by atoms with E-state index in [0.717, 1.165) is 0 Å². The zero-order chi connectivity index (χ0) is 17.7. The SMILES string of the molecule is CCOc1cc(C#N)cc(Br)c1OS(=O)(=O)c1cccc(C#N)c1. The van der Waals surface area contributed by atoms with Gasteiger partial charge in [0.2, 0.25) is 0 Å². The van der Waals surface area contributed by atoms with Gasteiger partial charge in [-0.2, -0.15) is 18.9 Å². The van der Waals surface area contributed by atoms with Crippen molar-refractivity contribution < 1.29 is 17.3 Å². The number of ether oxygens (including phenoxy) is 1. The summed E-state index contributed by atoms with van der Waals surface area (Å²) in [5.74, 6) is 0.0710. The van der Waals surface area contributed by atoms with E-state index in [0.29, 0.717) is 5.56 Å². The molecular weight excluding hydrogens is 396 g/mol. The molecule has 2 aromatic rings.